The predicted octanol–water partition coefficient (Wildman–Crippen LogP) is 2.55. The minimum atomic E-state index is 0.631. The van der Waals surface area contributed by atoms with Crippen LogP contribution >= 0.6 is 0 Å². The number of rotatable bonds is 3. The number of hydrogen-bond acceptors (Lipinski definition) is 2. The lowest BCUT2D eigenvalue weighted by Gasteiger charge is -2.06. The van der Waals surface area contributed by atoms with Crippen molar-refractivity contribution < 1.29 is 0 Å². The first-order valence-corrected chi connectivity index (χ1v) is 4.94. The molecule has 0 aliphatic heterocycles. The smallest absolute Gasteiger partial charge is 0.128 e. The number of nitrogens with zero attached hydrogens (tertiary/aromatic N) is 2. The van der Waals surface area contributed by atoms with Crippen LogP contribution in [0.5, 0.6) is 0 Å². The summed E-state index contributed by atoms with van der Waals surface area (Å²) in [6, 6.07) is 0. The van der Waals surface area contributed by atoms with Crippen molar-refractivity contribution in [3.63, 3.8) is 0 Å². The fraction of sp³-hybridized carbons (Fsp3) is 0.636. The lowest BCUT2D eigenvalue weighted by Crippen LogP contribution is -2.03. The van der Waals surface area contributed by atoms with Crippen LogP contribution in [0.3, 0.4) is 0 Å². The van der Waals surface area contributed by atoms with Gasteiger partial charge < -0.3 is 0 Å². The summed E-state index contributed by atoms with van der Waals surface area (Å²) in [5.74, 6) is 1.61. The summed E-state index contributed by atoms with van der Waals surface area (Å²) >= 11 is 0. The van der Waals surface area contributed by atoms with Crippen LogP contribution in [0, 0.1) is 12.8 Å². The van der Waals surface area contributed by atoms with Gasteiger partial charge in [0, 0.05) is 18.3 Å². The third kappa shape index (κ3) is 2.79. The molecule has 0 bridgehead atoms. The second-order valence-corrected chi connectivity index (χ2v) is 3.85. The van der Waals surface area contributed by atoms with Crippen molar-refractivity contribution in [3.8, 4) is 0 Å². The monoisotopic (exact) mass is 178 g/mol. The van der Waals surface area contributed by atoms with Gasteiger partial charge in [0.15, 0.2) is 0 Å². The Hall–Kier alpha value is -0.920. The molecule has 1 aromatic heterocycles. The summed E-state index contributed by atoms with van der Waals surface area (Å²) in [7, 11) is 0. The normalized spacial score (nSPS) is 10.8. The van der Waals surface area contributed by atoms with Crippen molar-refractivity contribution in [1.82, 2.24) is 9.97 Å². The van der Waals surface area contributed by atoms with E-state index in [1.165, 1.54) is 5.56 Å². The van der Waals surface area contributed by atoms with Crippen molar-refractivity contribution >= 4 is 0 Å². The van der Waals surface area contributed by atoms with E-state index in [1.54, 1.807) is 0 Å². The van der Waals surface area contributed by atoms with Crippen molar-refractivity contribution in [1.29, 1.82) is 0 Å². The highest BCUT2D eigenvalue weighted by Crippen LogP contribution is 2.07. The number of aromatic nitrogens is 2. The highest BCUT2D eigenvalue weighted by Gasteiger charge is 2.03. The molecule has 2 heteroatoms. The third-order valence-electron chi connectivity index (χ3n) is 2.10. The van der Waals surface area contributed by atoms with Crippen LogP contribution in [0.1, 0.15) is 37.9 Å². The van der Waals surface area contributed by atoms with Gasteiger partial charge >= 0.3 is 0 Å². The van der Waals surface area contributed by atoms with Crippen molar-refractivity contribution in [2.45, 2.75) is 40.5 Å². The Morgan fingerprint density at radius 1 is 1.38 bits per heavy atom. The standard InChI is InChI=1S/C11H18N2/c1-5-10-7-12-11(6-8(2)3)13-9(10)4/h7-8H,5-6H2,1-4H3. The van der Waals surface area contributed by atoms with Gasteiger partial charge in [0.05, 0.1) is 0 Å². The van der Waals surface area contributed by atoms with Crippen LogP contribution in [-0.4, -0.2) is 9.97 Å². The molecular formula is C11H18N2. The molecule has 0 saturated heterocycles. The quantitative estimate of drug-likeness (QED) is 0.711. The van der Waals surface area contributed by atoms with Crippen molar-refractivity contribution in [2.24, 2.45) is 5.92 Å². The van der Waals surface area contributed by atoms with Crippen LogP contribution in [-0.2, 0) is 12.8 Å². The fourth-order valence-corrected chi connectivity index (χ4v) is 1.35. The second kappa shape index (κ2) is 4.35. The summed E-state index contributed by atoms with van der Waals surface area (Å²) in [4.78, 5) is 8.81. The van der Waals surface area contributed by atoms with Gasteiger partial charge in [0.2, 0.25) is 0 Å². The number of hydrogen-bond donors (Lipinski definition) is 0. The highest BCUT2D eigenvalue weighted by atomic mass is 14.9. The van der Waals surface area contributed by atoms with E-state index in [2.05, 4.69) is 37.7 Å². The summed E-state index contributed by atoms with van der Waals surface area (Å²) in [5.41, 5.74) is 2.39. The number of aryl methyl sites for hydroxylation is 2. The van der Waals surface area contributed by atoms with Crippen LogP contribution < -0.4 is 0 Å². The predicted molar refractivity (Wildman–Crippen MR) is 54.7 cm³/mol. The first-order chi connectivity index (χ1) is 6.13. The van der Waals surface area contributed by atoms with E-state index in [-0.39, 0.29) is 0 Å². The van der Waals surface area contributed by atoms with Crippen LogP contribution in [0.2, 0.25) is 0 Å². The maximum Gasteiger partial charge on any atom is 0.128 e. The van der Waals surface area contributed by atoms with E-state index in [9.17, 15) is 0 Å². The molecular weight excluding hydrogens is 160 g/mol. The van der Waals surface area contributed by atoms with E-state index in [0.29, 0.717) is 5.92 Å². The van der Waals surface area contributed by atoms with E-state index in [1.807, 2.05) is 6.20 Å². The Balaban J connectivity index is 2.83. The van der Waals surface area contributed by atoms with Gasteiger partial charge in [-0.15, -0.1) is 0 Å². The molecule has 13 heavy (non-hydrogen) atoms. The van der Waals surface area contributed by atoms with Gasteiger partial charge in [-0.1, -0.05) is 20.8 Å². The van der Waals surface area contributed by atoms with Gasteiger partial charge in [0.1, 0.15) is 5.82 Å². The highest BCUT2D eigenvalue weighted by molar-refractivity contribution is 5.15. The molecule has 0 spiro atoms. The molecule has 0 fully saturated rings. The Bertz CT molecular complexity index is 279. The van der Waals surface area contributed by atoms with Gasteiger partial charge in [-0.2, -0.15) is 0 Å². The Kier molecular flexibility index (Phi) is 3.40. The maximum absolute atomic E-state index is 4.47. The topological polar surface area (TPSA) is 25.8 Å². The third-order valence-corrected chi connectivity index (χ3v) is 2.10. The molecule has 0 saturated carbocycles. The van der Waals surface area contributed by atoms with Crippen LogP contribution in [0.15, 0.2) is 6.20 Å². The molecule has 1 rings (SSSR count). The summed E-state index contributed by atoms with van der Waals surface area (Å²) in [6.45, 7) is 8.57. The average Bonchev–Trinajstić information content (AvgIpc) is 2.03. The zero-order valence-electron chi connectivity index (χ0n) is 8.96. The molecule has 0 aromatic carbocycles. The summed E-state index contributed by atoms with van der Waals surface area (Å²) in [5, 5.41) is 0. The Morgan fingerprint density at radius 3 is 2.54 bits per heavy atom. The van der Waals surface area contributed by atoms with E-state index in [0.717, 1.165) is 24.4 Å². The van der Waals surface area contributed by atoms with Gasteiger partial charge in [0.25, 0.3) is 0 Å². The SMILES string of the molecule is CCc1cnc(CC(C)C)nc1C. The van der Waals surface area contributed by atoms with Crippen molar-refractivity contribution in [2.75, 3.05) is 0 Å². The minimum Gasteiger partial charge on any atom is -0.241 e. The summed E-state index contributed by atoms with van der Waals surface area (Å²) in [6.07, 6.45) is 3.96. The molecule has 0 aliphatic carbocycles. The molecule has 0 radical (unpaired) electrons. The van der Waals surface area contributed by atoms with Crippen molar-refractivity contribution in [3.05, 3.63) is 23.3 Å². The fourth-order valence-electron chi connectivity index (χ4n) is 1.35. The zero-order chi connectivity index (χ0) is 9.84. The maximum atomic E-state index is 4.47. The average molecular weight is 178 g/mol. The molecule has 72 valence electrons. The van der Waals surface area contributed by atoms with Crippen LogP contribution in [0.25, 0.3) is 0 Å². The minimum absolute atomic E-state index is 0.631. The molecule has 0 amide bonds. The zero-order valence-corrected chi connectivity index (χ0v) is 8.96. The molecule has 0 aliphatic rings. The second-order valence-electron chi connectivity index (χ2n) is 3.85. The lowest BCUT2D eigenvalue weighted by molar-refractivity contribution is 0.617. The van der Waals surface area contributed by atoms with E-state index < -0.39 is 0 Å². The summed E-state index contributed by atoms with van der Waals surface area (Å²) < 4.78 is 0. The Morgan fingerprint density at radius 2 is 2.08 bits per heavy atom. The molecule has 0 N–H and O–H groups in total. The van der Waals surface area contributed by atoms with Gasteiger partial charge in [-0.05, 0) is 24.8 Å². The molecule has 1 heterocycles. The lowest BCUT2D eigenvalue weighted by atomic mass is 10.1. The molecule has 1 aromatic rings. The molecule has 0 unspecified atom stereocenters. The van der Waals surface area contributed by atoms with Crippen LogP contribution in [0.4, 0.5) is 0 Å². The molecule has 0 atom stereocenters. The van der Waals surface area contributed by atoms with E-state index >= 15 is 0 Å². The molecule has 2 nitrogen and oxygen atoms in total. The van der Waals surface area contributed by atoms with Gasteiger partial charge in [-0.25, -0.2) is 9.97 Å². The first-order valence-electron chi connectivity index (χ1n) is 4.94. The Labute approximate surface area is 80.4 Å². The largest absolute Gasteiger partial charge is 0.241 e. The first kappa shape index (κ1) is 10.2. The van der Waals surface area contributed by atoms with Gasteiger partial charge in [-0.3, -0.25) is 0 Å². The van der Waals surface area contributed by atoms with E-state index in [4.69, 9.17) is 0 Å².